The predicted octanol–water partition coefficient (Wildman–Crippen LogP) is 15.1. The molecule has 0 radical (unpaired) electrons. The van der Waals surface area contributed by atoms with E-state index in [4.69, 9.17) is 19.4 Å². The Morgan fingerprint density at radius 3 is 1.21 bits per heavy atom. The minimum absolute atomic E-state index is 0.600. The van der Waals surface area contributed by atoms with Crippen molar-refractivity contribution in [2.24, 2.45) is 0 Å². The second-order valence-electron chi connectivity index (χ2n) is 15.2. The van der Waals surface area contributed by atoms with Gasteiger partial charge in [-0.1, -0.05) is 194 Å². The first-order valence-corrected chi connectivity index (χ1v) is 20.5. The summed E-state index contributed by atoms with van der Waals surface area (Å²) in [6.45, 7) is 0. The molecule has 2 aromatic heterocycles. The molecular formula is C57H37N3O. The fraction of sp³-hybridized carbons (Fsp3) is 0. The van der Waals surface area contributed by atoms with E-state index in [9.17, 15) is 0 Å². The number of hydrogen-bond acceptors (Lipinski definition) is 4. The van der Waals surface area contributed by atoms with Crippen molar-refractivity contribution in [1.82, 2.24) is 15.0 Å². The molecule has 0 aliphatic rings. The number of aromatic nitrogens is 3. The van der Waals surface area contributed by atoms with Gasteiger partial charge in [0.15, 0.2) is 17.5 Å². The second-order valence-corrected chi connectivity index (χ2v) is 15.2. The predicted molar refractivity (Wildman–Crippen MR) is 251 cm³/mol. The fourth-order valence-corrected chi connectivity index (χ4v) is 8.21. The van der Waals surface area contributed by atoms with Crippen LogP contribution in [0, 0.1) is 0 Å². The van der Waals surface area contributed by atoms with Crippen LogP contribution in [0.4, 0.5) is 0 Å². The molecule has 0 atom stereocenters. The van der Waals surface area contributed by atoms with Gasteiger partial charge in [-0.15, -0.1) is 0 Å². The molecule has 0 aliphatic heterocycles. The molecule has 0 N–H and O–H groups in total. The van der Waals surface area contributed by atoms with Crippen LogP contribution < -0.4 is 0 Å². The molecule has 4 nitrogen and oxygen atoms in total. The Morgan fingerprint density at radius 2 is 0.623 bits per heavy atom. The van der Waals surface area contributed by atoms with E-state index in [0.29, 0.717) is 17.5 Å². The van der Waals surface area contributed by atoms with E-state index in [1.54, 1.807) is 0 Å². The highest BCUT2D eigenvalue weighted by atomic mass is 16.3. The lowest BCUT2D eigenvalue weighted by Gasteiger charge is -2.13. The fourth-order valence-electron chi connectivity index (χ4n) is 8.21. The molecule has 4 heteroatoms. The third kappa shape index (κ3) is 7.07. The SMILES string of the molecule is c1ccc(-c2ccc(-c3nc(-c4ccc(-c5cccc6c5oc5ccccc56)cc4)nc(-c4cccc(-c5cc(-c6ccccc6)cc(-c6ccccc6)c5)c4)n3)cc2)cc1. The smallest absolute Gasteiger partial charge is 0.164 e. The molecule has 61 heavy (non-hydrogen) atoms. The largest absolute Gasteiger partial charge is 0.455 e. The summed E-state index contributed by atoms with van der Waals surface area (Å²) in [5.74, 6) is 1.81. The summed E-state index contributed by atoms with van der Waals surface area (Å²) in [5.41, 5.74) is 15.7. The topological polar surface area (TPSA) is 51.8 Å². The molecular weight excluding hydrogens is 743 g/mol. The molecule has 286 valence electrons. The Balaban J connectivity index is 1.02. The van der Waals surface area contributed by atoms with E-state index in [0.717, 1.165) is 83.1 Å². The van der Waals surface area contributed by atoms with Gasteiger partial charge in [-0.2, -0.15) is 0 Å². The van der Waals surface area contributed by atoms with Crippen molar-refractivity contribution in [2.75, 3.05) is 0 Å². The zero-order valence-corrected chi connectivity index (χ0v) is 33.1. The van der Waals surface area contributed by atoms with Crippen LogP contribution in [0.3, 0.4) is 0 Å². The van der Waals surface area contributed by atoms with Gasteiger partial charge in [0.1, 0.15) is 11.2 Å². The van der Waals surface area contributed by atoms with Gasteiger partial charge < -0.3 is 4.42 Å². The average Bonchev–Trinajstić information content (AvgIpc) is 3.74. The van der Waals surface area contributed by atoms with Crippen molar-refractivity contribution in [3.63, 3.8) is 0 Å². The third-order valence-corrected chi connectivity index (χ3v) is 11.3. The van der Waals surface area contributed by atoms with Crippen molar-refractivity contribution in [3.8, 4) is 89.8 Å². The van der Waals surface area contributed by atoms with Crippen molar-refractivity contribution in [3.05, 3.63) is 224 Å². The first-order valence-electron chi connectivity index (χ1n) is 20.5. The maximum Gasteiger partial charge on any atom is 0.164 e. The summed E-state index contributed by atoms with van der Waals surface area (Å²) in [6, 6.07) is 78.3. The van der Waals surface area contributed by atoms with Crippen molar-refractivity contribution in [1.29, 1.82) is 0 Å². The van der Waals surface area contributed by atoms with Crippen LogP contribution in [0.25, 0.3) is 112 Å². The number of furan rings is 1. The summed E-state index contributed by atoms with van der Waals surface area (Å²) in [4.78, 5) is 15.4. The lowest BCUT2D eigenvalue weighted by atomic mass is 9.93. The van der Waals surface area contributed by atoms with E-state index < -0.39 is 0 Å². The van der Waals surface area contributed by atoms with Crippen LogP contribution in [-0.4, -0.2) is 15.0 Å². The van der Waals surface area contributed by atoms with Gasteiger partial charge in [-0.3, -0.25) is 0 Å². The quantitative estimate of drug-likeness (QED) is 0.154. The summed E-state index contributed by atoms with van der Waals surface area (Å²) < 4.78 is 6.39. The average molecular weight is 780 g/mol. The van der Waals surface area contributed by atoms with Gasteiger partial charge in [0.25, 0.3) is 0 Å². The molecule has 0 bridgehead atoms. The highest BCUT2D eigenvalue weighted by molar-refractivity contribution is 6.09. The van der Waals surface area contributed by atoms with Crippen molar-refractivity contribution < 1.29 is 4.42 Å². The molecule has 0 unspecified atom stereocenters. The van der Waals surface area contributed by atoms with E-state index in [-0.39, 0.29) is 0 Å². The Kier molecular flexibility index (Phi) is 9.14. The Bertz CT molecular complexity index is 3260. The molecule has 0 amide bonds. The van der Waals surface area contributed by atoms with Crippen LogP contribution in [-0.2, 0) is 0 Å². The minimum atomic E-state index is 0.600. The number of fused-ring (bicyclic) bond motifs is 3. The van der Waals surface area contributed by atoms with E-state index in [1.807, 2.05) is 18.2 Å². The standard InChI is InChI=1S/C57H37N3O/c1-4-14-38(15-5-1)41-26-30-43(31-27-41)55-58-56(44-32-28-42(29-33-44)50-23-13-24-52-51-22-10-11-25-53(51)61-54(50)52)60-57(59-55)46-21-12-20-45(34-46)49-36-47(39-16-6-2-7-17-39)35-48(37-49)40-18-8-3-9-19-40/h1-37H. The highest BCUT2D eigenvalue weighted by Gasteiger charge is 2.16. The number of hydrogen-bond donors (Lipinski definition) is 0. The van der Waals surface area contributed by atoms with Gasteiger partial charge in [0.05, 0.1) is 0 Å². The van der Waals surface area contributed by atoms with Crippen molar-refractivity contribution >= 4 is 21.9 Å². The van der Waals surface area contributed by atoms with Crippen molar-refractivity contribution in [2.45, 2.75) is 0 Å². The molecule has 0 aliphatic carbocycles. The summed E-state index contributed by atoms with van der Waals surface area (Å²) in [5, 5.41) is 2.22. The Labute approximate surface area is 354 Å². The molecule has 11 aromatic rings. The van der Waals surface area contributed by atoms with Crippen LogP contribution in [0.2, 0.25) is 0 Å². The number of para-hydroxylation sites is 2. The number of benzene rings is 9. The zero-order chi connectivity index (χ0) is 40.5. The lowest BCUT2D eigenvalue weighted by Crippen LogP contribution is -2.00. The number of nitrogens with zero attached hydrogens (tertiary/aromatic N) is 3. The monoisotopic (exact) mass is 779 g/mol. The molecule has 11 rings (SSSR count). The highest BCUT2D eigenvalue weighted by Crippen LogP contribution is 2.38. The van der Waals surface area contributed by atoms with Crippen LogP contribution in [0.5, 0.6) is 0 Å². The van der Waals surface area contributed by atoms with Gasteiger partial charge in [0.2, 0.25) is 0 Å². The minimum Gasteiger partial charge on any atom is -0.455 e. The Hall–Kier alpha value is -8.21. The first-order chi connectivity index (χ1) is 30.2. The molecule has 0 fully saturated rings. The zero-order valence-electron chi connectivity index (χ0n) is 33.1. The maximum atomic E-state index is 6.39. The lowest BCUT2D eigenvalue weighted by molar-refractivity contribution is 0.670. The third-order valence-electron chi connectivity index (χ3n) is 11.3. The Morgan fingerprint density at radius 1 is 0.246 bits per heavy atom. The summed E-state index contributed by atoms with van der Waals surface area (Å²) >= 11 is 0. The second kappa shape index (κ2) is 15.5. The summed E-state index contributed by atoms with van der Waals surface area (Å²) in [7, 11) is 0. The molecule has 9 aromatic carbocycles. The summed E-state index contributed by atoms with van der Waals surface area (Å²) in [6.07, 6.45) is 0. The molecule has 2 heterocycles. The van der Waals surface area contributed by atoms with E-state index in [2.05, 4.69) is 206 Å². The first kappa shape index (κ1) is 35.9. The number of rotatable bonds is 8. The van der Waals surface area contributed by atoms with Gasteiger partial charge in [-0.05, 0) is 80.4 Å². The van der Waals surface area contributed by atoms with E-state index in [1.165, 1.54) is 11.1 Å². The van der Waals surface area contributed by atoms with Gasteiger partial charge in [0, 0.05) is 33.0 Å². The molecule has 0 saturated carbocycles. The van der Waals surface area contributed by atoms with Crippen LogP contribution in [0.15, 0.2) is 229 Å². The van der Waals surface area contributed by atoms with Gasteiger partial charge >= 0.3 is 0 Å². The molecule has 0 saturated heterocycles. The molecule has 0 spiro atoms. The maximum absolute atomic E-state index is 6.39. The van der Waals surface area contributed by atoms with E-state index >= 15 is 0 Å². The van der Waals surface area contributed by atoms with Crippen LogP contribution in [0.1, 0.15) is 0 Å². The normalized spacial score (nSPS) is 11.3. The van der Waals surface area contributed by atoms with Gasteiger partial charge in [-0.25, -0.2) is 15.0 Å². The van der Waals surface area contributed by atoms with Crippen LogP contribution >= 0.6 is 0 Å².